The van der Waals surface area contributed by atoms with Gasteiger partial charge in [-0.05, 0) is 47.5 Å². The first-order chi connectivity index (χ1) is 14.4. The highest BCUT2D eigenvalue weighted by Crippen LogP contribution is 2.37. The SMILES string of the molecule is CNc1nc(-c2cccnc2)nc2c(OC)cc(-c3ccc(C(F)(F)F)cc3)cc12. The molecule has 0 unspecified atom stereocenters. The van der Waals surface area contributed by atoms with Crippen LogP contribution in [0.3, 0.4) is 0 Å². The van der Waals surface area contributed by atoms with Gasteiger partial charge in [0.2, 0.25) is 0 Å². The molecule has 4 rings (SSSR count). The molecule has 152 valence electrons. The van der Waals surface area contributed by atoms with Gasteiger partial charge >= 0.3 is 6.18 Å². The number of benzene rings is 2. The molecule has 0 atom stereocenters. The van der Waals surface area contributed by atoms with Gasteiger partial charge in [0.05, 0.1) is 12.7 Å². The molecule has 0 amide bonds. The van der Waals surface area contributed by atoms with Crippen molar-refractivity contribution in [3.05, 3.63) is 66.5 Å². The number of aromatic nitrogens is 3. The number of halogens is 3. The summed E-state index contributed by atoms with van der Waals surface area (Å²) in [7, 11) is 3.27. The molecule has 2 heterocycles. The summed E-state index contributed by atoms with van der Waals surface area (Å²) in [6.07, 6.45) is -1.04. The van der Waals surface area contributed by atoms with Gasteiger partial charge in [0.25, 0.3) is 0 Å². The Kier molecular flexibility index (Phi) is 4.99. The monoisotopic (exact) mass is 410 g/mol. The van der Waals surface area contributed by atoms with Gasteiger partial charge in [0, 0.05) is 30.4 Å². The third kappa shape index (κ3) is 3.63. The van der Waals surface area contributed by atoms with Gasteiger partial charge in [-0.3, -0.25) is 4.98 Å². The Labute approximate surface area is 170 Å². The molecule has 5 nitrogen and oxygen atoms in total. The average Bonchev–Trinajstić information content (AvgIpc) is 2.77. The number of fused-ring (bicyclic) bond motifs is 1. The maximum Gasteiger partial charge on any atom is 0.416 e. The zero-order chi connectivity index (χ0) is 21.3. The molecule has 8 heteroatoms. The van der Waals surface area contributed by atoms with E-state index in [0.29, 0.717) is 39.4 Å². The van der Waals surface area contributed by atoms with E-state index in [-0.39, 0.29) is 0 Å². The number of pyridine rings is 1. The smallest absolute Gasteiger partial charge is 0.416 e. The topological polar surface area (TPSA) is 59.9 Å². The lowest BCUT2D eigenvalue weighted by Crippen LogP contribution is -2.04. The second-order valence-electron chi connectivity index (χ2n) is 6.54. The van der Waals surface area contributed by atoms with Gasteiger partial charge < -0.3 is 10.1 Å². The molecule has 0 aliphatic heterocycles. The Bertz CT molecular complexity index is 1190. The average molecular weight is 410 g/mol. The Morgan fingerprint density at radius 3 is 2.30 bits per heavy atom. The van der Waals surface area contributed by atoms with Gasteiger partial charge in [-0.2, -0.15) is 13.2 Å². The van der Waals surface area contributed by atoms with Gasteiger partial charge in [0.1, 0.15) is 17.1 Å². The van der Waals surface area contributed by atoms with E-state index in [1.54, 1.807) is 31.6 Å². The van der Waals surface area contributed by atoms with Crippen molar-refractivity contribution in [3.63, 3.8) is 0 Å². The summed E-state index contributed by atoms with van der Waals surface area (Å²) in [5.74, 6) is 1.55. The molecular formula is C22H17F3N4O. The molecule has 2 aromatic carbocycles. The summed E-state index contributed by atoms with van der Waals surface area (Å²) in [6.45, 7) is 0. The minimum atomic E-state index is -4.38. The molecule has 0 radical (unpaired) electrons. The summed E-state index contributed by atoms with van der Waals surface area (Å²) in [4.78, 5) is 13.3. The summed E-state index contributed by atoms with van der Waals surface area (Å²) in [5, 5.41) is 3.76. The first-order valence-corrected chi connectivity index (χ1v) is 9.06. The Balaban J connectivity index is 1.88. The van der Waals surface area contributed by atoms with Crippen LogP contribution in [0.4, 0.5) is 19.0 Å². The minimum absolute atomic E-state index is 0.487. The lowest BCUT2D eigenvalue weighted by atomic mass is 10.0. The second-order valence-corrected chi connectivity index (χ2v) is 6.54. The van der Waals surface area contributed by atoms with E-state index in [9.17, 15) is 13.2 Å². The summed E-state index contributed by atoms with van der Waals surface area (Å²) >= 11 is 0. The van der Waals surface area contributed by atoms with E-state index in [4.69, 9.17) is 4.74 Å². The molecule has 0 aliphatic rings. The van der Waals surface area contributed by atoms with Gasteiger partial charge in [-0.1, -0.05) is 12.1 Å². The highest BCUT2D eigenvalue weighted by atomic mass is 19.4. The Hall–Kier alpha value is -3.68. The lowest BCUT2D eigenvalue weighted by molar-refractivity contribution is -0.137. The zero-order valence-corrected chi connectivity index (χ0v) is 16.2. The van der Waals surface area contributed by atoms with E-state index >= 15 is 0 Å². The van der Waals surface area contributed by atoms with Crippen LogP contribution in [-0.2, 0) is 6.18 Å². The molecule has 0 saturated heterocycles. The summed E-state index contributed by atoms with van der Waals surface area (Å²) < 4.78 is 44.2. The fraction of sp³-hybridized carbons (Fsp3) is 0.136. The Morgan fingerprint density at radius 2 is 1.70 bits per heavy atom. The van der Waals surface area contributed by atoms with Crippen LogP contribution in [0.2, 0.25) is 0 Å². The number of alkyl halides is 3. The molecule has 1 N–H and O–H groups in total. The number of ether oxygens (including phenoxy) is 1. The van der Waals surface area contributed by atoms with Crippen molar-refractivity contribution in [3.8, 4) is 28.3 Å². The van der Waals surface area contributed by atoms with Crippen molar-refractivity contribution in [2.45, 2.75) is 6.18 Å². The first kappa shape index (κ1) is 19.6. The highest BCUT2D eigenvalue weighted by molar-refractivity contribution is 5.97. The van der Waals surface area contributed by atoms with Crippen LogP contribution in [0.5, 0.6) is 5.75 Å². The standard InChI is InChI=1S/C22H17F3N4O/c1-26-21-17-10-15(13-5-7-16(8-6-13)22(23,24)25)11-18(30-2)19(17)28-20(29-21)14-4-3-9-27-12-14/h3-12H,1-2H3,(H,26,28,29). The number of hydrogen-bond donors (Lipinski definition) is 1. The zero-order valence-electron chi connectivity index (χ0n) is 16.2. The first-order valence-electron chi connectivity index (χ1n) is 9.06. The van der Waals surface area contributed by atoms with Gasteiger partial charge in [-0.25, -0.2) is 9.97 Å². The third-order valence-corrected chi connectivity index (χ3v) is 4.69. The van der Waals surface area contributed by atoms with Crippen LogP contribution >= 0.6 is 0 Å². The number of hydrogen-bond acceptors (Lipinski definition) is 5. The molecule has 0 aliphatic carbocycles. The molecule has 2 aromatic heterocycles. The van der Waals surface area contributed by atoms with Crippen molar-refractivity contribution in [2.24, 2.45) is 0 Å². The van der Waals surface area contributed by atoms with E-state index in [0.717, 1.165) is 17.7 Å². The van der Waals surface area contributed by atoms with Crippen LogP contribution < -0.4 is 10.1 Å². The third-order valence-electron chi connectivity index (χ3n) is 4.69. The van der Waals surface area contributed by atoms with Crippen molar-refractivity contribution in [1.29, 1.82) is 0 Å². The van der Waals surface area contributed by atoms with Crippen LogP contribution in [0.1, 0.15) is 5.56 Å². The van der Waals surface area contributed by atoms with Crippen LogP contribution in [0.25, 0.3) is 33.4 Å². The normalized spacial score (nSPS) is 11.5. The fourth-order valence-electron chi connectivity index (χ4n) is 3.19. The second kappa shape index (κ2) is 7.62. The molecule has 0 spiro atoms. The van der Waals surface area contributed by atoms with Crippen molar-refractivity contribution in [2.75, 3.05) is 19.5 Å². The number of methoxy groups -OCH3 is 1. The van der Waals surface area contributed by atoms with Crippen LogP contribution in [-0.4, -0.2) is 29.1 Å². The fourth-order valence-corrected chi connectivity index (χ4v) is 3.19. The quantitative estimate of drug-likeness (QED) is 0.486. The van der Waals surface area contributed by atoms with Crippen molar-refractivity contribution >= 4 is 16.7 Å². The molecule has 0 bridgehead atoms. The van der Waals surface area contributed by atoms with E-state index in [1.165, 1.54) is 19.2 Å². The van der Waals surface area contributed by atoms with E-state index in [2.05, 4.69) is 20.3 Å². The number of rotatable bonds is 4. The summed E-state index contributed by atoms with van der Waals surface area (Å²) in [5.41, 5.74) is 1.97. The van der Waals surface area contributed by atoms with Crippen LogP contribution in [0, 0.1) is 0 Å². The van der Waals surface area contributed by atoms with Gasteiger partial charge in [0.15, 0.2) is 5.82 Å². The predicted molar refractivity (Wildman–Crippen MR) is 109 cm³/mol. The molecule has 0 fully saturated rings. The molecule has 30 heavy (non-hydrogen) atoms. The number of nitrogens with one attached hydrogen (secondary N) is 1. The van der Waals surface area contributed by atoms with E-state index in [1.807, 2.05) is 12.1 Å². The lowest BCUT2D eigenvalue weighted by Gasteiger charge is -2.14. The number of nitrogens with zero attached hydrogens (tertiary/aromatic N) is 3. The van der Waals surface area contributed by atoms with Crippen molar-refractivity contribution < 1.29 is 17.9 Å². The van der Waals surface area contributed by atoms with Crippen molar-refractivity contribution in [1.82, 2.24) is 15.0 Å². The van der Waals surface area contributed by atoms with E-state index < -0.39 is 11.7 Å². The molecular weight excluding hydrogens is 393 g/mol. The largest absolute Gasteiger partial charge is 0.494 e. The van der Waals surface area contributed by atoms with Crippen LogP contribution in [0.15, 0.2) is 60.9 Å². The number of anilines is 1. The highest BCUT2D eigenvalue weighted by Gasteiger charge is 2.30. The molecule has 4 aromatic rings. The minimum Gasteiger partial charge on any atom is -0.494 e. The molecule has 0 saturated carbocycles. The summed E-state index contributed by atoms with van der Waals surface area (Å²) in [6, 6.07) is 12.2. The predicted octanol–water partition coefficient (Wildman–Crippen LogP) is 5.43. The maximum atomic E-state index is 12.9. The Morgan fingerprint density at radius 1 is 0.933 bits per heavy atom. The van der Waals surface area contributed by atoms with Gasteiger partial charge in [-0.15, -0.1) is 0 Å². The maximum absolute atomic E-state index is 12.9.